The summed E-state index contributed by atoms with van der Waals surface area (Å²) in [5, 5.41) is 14.0. The molecule has 0 saturated carbocycles. The molecule has 0 radical (unpaired) electrons. The number of amides is 1. The van der Waals surface area contributed by atoms with E-state index in [2.05, 4.69) is 10.5 Å². The van der Waals surface area contributed by atoms with Gasteiger partial charge in [-0.2, -0.15) is 5.10 Å². The molecule has 0 unspecified atom stereocenters. The number of aliphatic hydroxyl groups excluding tert-OH is 1. The van der Waals surface area contributed by atoms with Gasteiger partial charge in [0.15, 0.2) is 17.6 Å². The van der Waals surface area contributed by atoms with E-state index < -0.39 is 12.0 Å². The van der Waals surface area contributed by atoms with Gasteiger partial charge in [-0.15, -0.1) is 0 Å². The van der Waals surface area contributed by atoms with E-state index in [1.54, 1.807) is 63.6 Å². The van der Waals surface area contributed by atoms with Crippen molar-refractivity contribution >= 4 is 11.6 Å². The Bertz CT molecular complexity index is 729. The van der Waals surface area contributed by atoms with Crippen LogP contribution in [0.25, 0.3) is 0 Å². The molecule has 0 heterocycles. The number of methoxy groups -OCH3 is 2. The average Bonchev–Trinajstić information content (AvgIpc) is 2.65. The molecule has 0 aromatic heterocycles. The molecule has 1 atom stereocenters. The van der Waals surface area contributed by atoms with E-state index in [1.165, 1.54) is 0 Å². The minimum absolute atomic E-state index is 0.508. The molecule has 2 rings (SSSR count). The zero-order valence-electron chi connectivity index (χ0n) is 13.8. The first-order valence-electron chi connectivity index (χ1n) is 7.36. The number of hydrazone groups is 1. The average molecular weight is 328 g/mol. The van der Waals surface area contributed by atoms with Gasteiger partial charge < -0.3 is 14.6 Å². The Kier molecular flexibility index (Phi) is 5.92. The first-order valence-corrected chi connectivity index (χ1v) is 7.36. The molecule has 0 saturated heterocycles. The third-order valence-electron chi connectivity index (χ3n) is 3.50. The van der Waals surface area contributed by atoms with Gasteiger partial charge in [-0.1, -0.05) is 30.3 Å². The molecule has 2 aromatic carbocycles. The van der Waals surface area contributed by atoms with E-state index >= 15 is 0 Å². The van der Waals surface area contributed by atoms with Crippen molar-refractivity contribution in [3.63, 3.8) is 0 Å². The van der Waals surface area contributed by atoms with Crippen LogP contribution < -0.4 is 14.9 Å². The molecule has 0 bridgehead atoms. The number of aliphatic hydroxyl groups is 1. The molecule has 0 aliphatic rings. The zero-order chi connectivity index (χ0) is 17.5. The minimum Gasteiger partial charge on any atom is -0.493 e. The van der Waals surface area contributed by atoms with Crippen molar-refractivity contribution < 1.29 is 19.4 Å². The summed E-state index contributed by atoms with van der Waals surface area (Å²) in [5.41, 5.74) is 4.22. The van der Waals surface area contributed by atoms with E-state index in [-0.39, 0.29) is 0 Å². The Labute approximate surface area is 140 Å². The number of nitrogens with zero attached hydrogens (tertiary/aromatic N) is 1. The first kappa shape index (κ1) is 17.5. The third-order valence-corrected chi connectivity index (χ3v) is 3.50. The van der Waals surface area contributed by atoms with Crippen molar-refractivity contribution in [1.29, 1.82) is 0 Å². The van der Waals surface area contributed by atoms with Gasteiger partial charge in [0.05, 0.1) is 19.9 Å². The van der Waals surface area contributed by atoms with Crippen molar-refractivity contribution in [2.24, 2.45) is 5.10 Å². The van der Waals surface area contributed by atoms with Crippen LogP contribution in [0.2, 0.25) is 0 Å². The predicted molar refractivity (Wildman–Crippen MR) is 91.3 cm³/mol. The summed E-state index contributed by atoms with van der Waals surface area (Å²) in [7, 11) is 3.11. The summed E-state index contributed by atoms with van der Waals surface area (Å²) >= 11 is 0. The van der Waals surface area contributed by atoms with Crippen LogP contribution in [0.5, 0.6) is 11.5 Å². The fraction of sp³-hybridized carbons (Fsp3) is 0.222. The number of carbonyl (C=O) groups is 1. The number of hydrogen-bond acceptors (Lipinski definition) is 5. The first-order chi connectivity index (χ1) is 11.6. The van der Waals surface area contributed by atoms with Crippen molar-refractivity contribution in [1.82, 2.24) is 5.43 Å². The van der Waals surface area contributed by atoms with Gasteiger partial charge in [0.25, 0.3) is 5.91 Å². The molecular weight excluding hydrogens is 308 g/mol. The highest BCUT2D eigenvalue weighted by Gasteiger charge is 2.16. The number of rotatable bonds is 6. The molecule has 1 amide bonds. The second kappa shape index (κ2) is 8.12. The van der Waals surface area contributed by atoms with Crippen LogP contribution in [-0.4, -0.2) is 30.9 Å². The van der Waals surface area contributed by atoms with Gasteiger partial charge in [0.1, 0.15) is 0 Å². The van der Waals surface area contributed by atoms with Crippen LogP contribution in [0.1, 0.15) is 24.2 Å². The largest absolute Gasteiger partial charge is 0.493 e. The Morgan fingerprint density at radius 1 is 1.08 bits per heavy atom. The maximum Gasteiger partial charge on any atom is 0.273 e. The molecule has 6 nitrogen and oxygen atoms in total. The normalized spacial score (nSPS) is 12.4. The maximum atomic E-state index is 12.0. The number of nitrogens with one attached hydrogen (secondary N) is 1. The number of ether oxygens (including phenoxy) is 2. The predicted octanol–water partition coefficient (Wildman–Crippen LogP) is 2.28. The lowest BCUT2D eigenvalue weighted by Gasteiger charge is -2.11. The van der Waals surface area contributed by atoms with Crippen molar-refractivity contribution in [2.45, 2.75) is 13.0 Å². The Morgan fingerprint density at radius 3 is 2.38 bits per heavy atom. The molecule has 0 spiro atoms. The molecule has 0 aliphatic carbocycles. The number of hydrogen-bond donors (Lipinski definition) is 2. The van der Waals surface area contributed by atoms with E-state index in [0.717, 1.165) is 5.56 Å². The molecule has 24 heavy (non-hydrogen) atoms. The van der Waals surface area contributed by atoms with Crippen molar-refractivity contribution in [3.8, 4) is 11.5 Å². The molecule has 2 N–H and O–H groups in total. The summed E-state index contributed by atoms with van der Waals surface area (Å²) in [6, 6.07) is 14.0. The van der Waals surface area contributed by atoms with Gasteiger partial charge >= 0.3 is 0 Å². The molecule has 126 valence electrons. The topological polar surface area (TPSA) is 80.2 Å². The summed E-state index contributed by atoms with van der Waals surface area (Å²) in [6.45, 7) is 1.75. The lowest BCUT2D eigenvalue weighted by molar-refractivity contribution is -0.129. The van der Waals surface area contributed by atoms with Crippen LogP contribution in [-0.2, 0) is 4.79 Å². The smallest absolute Gasteiger partial charge is 0.273 e. The number of benzene rings is 2. The van der Waals surface area contributed by atoms with Crippen molar-refractivity contribution in [3.05, 3.63) is 59.7 Å². The molecule has 2 aromatic rings. The lowest BCUT2D eigenvalue weighted by atomic mass is 10.1. The van der Waals surface area contributed by atoms with Gasteiger partial charge in [-0.3, -0.25) is 4.79 Å². The SMILES string of the molecule is COc1ccc(/C(C)=N\NC(=O)[C@H](O)c2ccccc2)cc1OC. The van der Waals surface area contributed by atoms with E-state index in [4.69, 9.17) is 9.47 Å². The minimum atomic E-state index is -1.27. The standard InChI is InChI=1S/C18H20N2O4/c1-12(14-9-10-15(23-2)16(11-14)24-3)19-20-18(22)17(21)13-7-5-4-6-8-13/h4-11,17,21H,1-3H3,(H,20,22)/b19-12-/t17-/m1/s1. The van der Waals surface area contributed by atoms with E-state index in [0.29, 0.717) is 22.8 Å². The van der Waals surface area contributed by atoms with Gasteiger partial charge in [-0.25, -0.2) is 5.43 Å². The molecule has 0 aliphatic heterocycles. The third kappa shape index (κ3) is 4.11. The van der Waals surface area contributed by atoms with Crippen LogP contribution in [0.3, 0.4) is 0 Å². The second-order valence-corrected chi connectivity index (χ2v) is 5.06. The molecular formula is C18H20N2O4. The Hall–Kier alpha value is -2.86. The van der Waals surface area contributed by atoms with E-state index in [9.17, 15) is 9.90 Å². The summed E-state index contributed by atoms with van der Waals surface area (Å²) in [6.07, 6.45) is -1.27. The highest BCUT2D eigenvalue weighted by molar-refractivity contribution is 6.00. The molecule has 6 heteroatoms. The quantitative estimate of drug-likeness (QED) is 0.630. The highest BCUT2D eigenvalue weighted by Crippen LogP contribution is 2.27. The van der Waals surface area contributed by atoms with Gasteiger partial charge in [0.2, 0.25) is 0 Å². The lowest BCUT2D eigenvalue weighted by Crippen LogP contribution is -2.26. The Morgan fingerprint density at radius 2 is 1.75 bits per heavy atom. The fourth-order valence-electron chi connectivity index (χ4n) is 2.11. The highest BCUT2D eigenvalue weighted by atomic mass is 16.5. The second-order valence-electron chi connectivity index (χ2n) is 5.06. The van der Waals surface area contributed by atoms with Gasteiger partial charge in [-0.05, 0) is 30.7 Å². The van der Waals surface area contributed by atoms with E-state index in [1.807, 2.05) is 6.07 Å². The fourth-order valence-corrected chi connectivity index (χ4v) is 2.11. The van der Waals surface area contributed by atoms with Crippen LogP contribution in [0.15, 0.2) is 53.6 Å². The zero-order valence-corrected chi connectivity index (χ0v) is 13.8. The van der Waals surface area contributed by atoms with Crippen LogP contribution >= 0.6 is 0 Å². The van der Waals surface area contributed by atoms with Crippen molar-refractivity contribution in [2.75, 3.05) is 14.2 Å². The van der Waals surface area contributed by atoms with Crippen LogP contribution in [0, 0.1) is 0 Å². The number of carbonyl (C=O) groups excluding carboxylic acids is 1. The molecule has 0 fully saturated rings. The van der Waals surface area contributed by atoms with Gasteiger partial charge in [0, 0.05) is 5.56 Å². The summed E-state index contributed by atoms with van der Waals surface area (Å²) in [5.74, 6) is 0.582. The monoisotopic (exact) mass is 328 g/mol. The summed E-state index contributed by atoms with van der Waals surface area (Å²) in [4.78, 5) is 12.0. The maximum absolute atomic E-state index is 12.0. The summed E-state index contributed by atoms with van der Waals surface area (Å²) < 4.78 is 10.4. The Balaban J connectivity index is 2.10. The van der Waals surface area contributed by atoms with Crippen LogP contribution in [0.4, 0.5) is 0 Å².